The summed E-state index contributed by atoms with van der Waals surface area (Å²) in [6.07, 6.45) is -0.833. The van der Waals surface area contributed by atoms with Gasteiger partial charge in [-0.25, -0.2) is 0 Å². The van der Waals surface area contributed by atoms with E-state index in [4.69, 9.17) is 16.9 Å². The molecule has 1 aromatic rings. The van der Waals surface area contributed by atoms with Gasteiger partial charge in [0.15, 0.2) is 0 Å². The monoisotopic (exact) mass is 273 g/mol. The summed E-state index contributed by atoms with van der Waals surface area (Å²) in [6.45, 7) is 1.66. The number of rotatable bonds is 2. The zero-order chi connectivity index (χ0) is 10.7. The van der Waals surface area contributed by atoms with E-state index in [9.17, 15) is 5.11 Å². The molecule has 0 amide bonds. The van der Waals surface area contributed by atoms with Gasteiger partial charge < -0.3 is 5.11 Å². The smallest absolute Gasteiger partial charge is 0.0959 e. The van der Waals surface area contributed by atoms with E-state index in [1.807, 2.05) is 6.07 Å². The molecule has 4 heteroatoms. The lowest BCUT2D eigenvalue weighted by molar-refractivity contribution is 0.143. The van der Waals surface area contributed by atoms with Crippen molar-refractivity contribution in [3.05, 3.63) is 33.3 Å². The van der Waals surface area contributed by atoms with Gasteiger partial charge in [-0.05, 0) is 19.1 Å². The van der Waals surface area contributed by atoms with Gasteiger partial charge in [0.05, 0.1) is 18.1 Å². The zero-order valence-corrected chi connectivity index (χ0v) is 9.88. The molecule has 1 rings (SSSR count). The van der Waals surface area contributed by atoms with Crippen molar-refractivity contribution in [2.24, 2.45) is 5.92 Å². The number of benzene rings is 1. The quantitative estimate of drug-likeness (QED) is 0.899. The summed E-state index contributed by atoms with van der Waals surface area (Å²) in [5, 5.41) is 18.9. The van der Waals surface area contributed by atoms with Gasteiger partial charge in [-0.3, -0.25) is 0 Å². The molecule has 74 valence electrons. The average Bonchev–Trinajstić information content (AvgIpc) is 2.15. The fourth-order valence-electron chi connectivity index (χ4n) is 1.08. The molecular weight excluding hydrogens is 265 g/mol. The number of hydrogen-bond acceptors (Lipinski definition) is 2. The average molecular weight is 275 g/mol. The molecule has 2 atom stereocenters. The maximum absolute atomic E-state index is 9.74. The molecule has 0 bridgehead atoms. The highest BCUT2D eigenvalue weighted by atomic mass is 79.9. The highest BCUT2D eigenvalue weighted by Crippen LogP contribution is 2.30. The van der Waals surface area contributed by atoms with E-state index in [0.717, 1.165) is 4.47 Å². The summed E-state index contributed by atoms with van der Waals surface area (Å²) in [4.78, 5) is 0. The Bertz CT molecular complexity index is 375. The third kappa shape index (κ3) is 2.48. The van der Waals surface area contributed by atoms with E-state index >= 15 is 0 Å². The summed E-state index contributed by atoms with van der Waals surface area (Å²) in [5.74, 6) is -0.464. The van der Waals surface area contributed by atoms with Crippen LogP contribution >= 0.6 is 27.5 Å². The van der Waals surface area contributed by atoms with Crippen LogP contribution in [0.3, 0.4) is 0 Å². The third-order valence-corrected chi connectivity index (χ3v) is 2.78. The lowest BCUT2D eigenvalue weighted by Gasteiger charge is -2.14. The Morgan fingerprint density at radius 3 is 2.71 bits per heavy atom. The van der Waals surface area contributed by atoms with Crippen LogP contribution in [-0.4, -0.2) is 5.11 Å². The maximum Gasteiger partial charge on any atom is 0.0959 e. The molecule has 0 radical (unpaired) electrons. The van der Waals surface area contributed by atoms with Gasteiger partial charge in [0.2, 0.25) is 0 Å². The maximum atomic E-state index is 9.74. The van der Waals surface area contributed by atoms with Crippen LogP contribution in [0.1, 0.15) is 18.6 Å². The Hall–Kier alpha value is -0.560. The van der Waals surface area contributed by atoms with Crippen molar-refractivity contribution in [3.63, 3.8) is 0 Å². The largest absolute Gasteiger partial charge is 0.387 e. The molecule has 0 aromatic heterocycles. The predicted octanol–water partition coefficient (Wildman–Crippen LogP) is 3.30. The molecule has 14 heavy (non-hydrogen) atoms. The molecule has 0 saturated heterocycles. The molecular formula is C10H9BrClNO. The normalized spacial score (nSPS) is 14.5. The van der Waals surface area contributed by atoms with E-state index in [2.05, 4.69) is 15.9 Å². The lowest BCUT2D eigenvalue weighted by Crippen LogP contribution is -2.07. The Morgan fingerprint density at radius 1 is 1.57 bits per heavy atom. The van der Waals surface area contributed by atoms with Crippen LogP contribution in [0.15, 0.2) is 22.7 Å². The Balaban J connectivity index is 3.03. The first kappa shape index (κ1) is 11.5. The molecule has 0 aliphatic carbocycles. The zero-order valence-electron chi connectivity index (χ0n) is 7.54. The van der Waals surface area contributed by atoms with Crippen LogP contribution in [0.25, 0.3) is 0 Å². The SMILES string of the molecule is CC(C#N)C(O)c1ccc(Br)cc1Cl. The van der Waals surface area contributed by atoms with Crippen LogP contribution in [0.4, 0.5) is 0 Å². The number of nitrogens with zero attached hydrogens (tertiary/aromatic N) is 1. The Labute approximate surface area is 96.2 Å². The molecule has 0 fully saturated rings. The summed E-state index contributed by atoms with van der Waals surface area (Å²) in [7, 11) is 0. The summed E-state index contributed by atoms with van der Waals surface area (Å²) in [6, 6.07) is 7.18. The highest BCUT2D eigenvalue weighted by molar-refractivity contribution is 9.10. The second-order valence-corrected chi connectivity index (χ2v) is 4.35. The molecule has 1 N–H and O–H groups in total. The standard InChI is InChI=1S/C10H9BrClNO/c1-6(5-13)10(14)8-3-2-7(11)4-9(8)12/h2-4,6,10,14H,1H3. The van der Waals surface area contributed by atoms with Gasteiger partial charge >= 0.3 is 0 Å². The predicted molar refractivity (Wildman–Crippen MR) is 58.9 cm³/mol. The minimum absolute atomic E-state index is 0.464. The first-order valence-corrected chi connectivity index (χ1v) is 5.26. The van der Waals surface area contributed by atoms with Gasteiger partial charge in [0.1, 0.15) is 0 Å². The van der Waals surface area contributed by atoms with Crippen molar-refractivity contribution in [1.82, 2.24) is 0 Å². The molecule has 0 saturated carbocycles. The van der Waals surface area contributed by atoms with Gasteiger partial charge in [-0.15, -0.1) is 0 Å². The minimum Gasteiger partial charge on any atom is -0.387 e. The molecule has 1 aromatic carbocycles. The fourth-order valence-corrected chi connectivity index (χ4v) is 1.87. The molecule has 2 unspecified atom stereocenters. The van der Waals surface area contributed by atoms with Crippen LogP contribution in [-0.2, 0) is 0 Å². The number of aliphatic hydroxyl groups is 1. The van der Waals surface area contributed by atoms with E-state index < -0.39 is 12.0 Å². The number of halogens is 2. The van der Waals surface area contributed by atoms with Gasteiger partial charge in [-0.1, -0.05) is 33.6 Å². The highest BCUT2D eigenvalue weighted by Gasteiger charge is 2.18. The van der Waals surface area contributed by atoms with Crippen molar-refractivity contribution in [3.8, 4) is 6.07 Å². The lowest BCUT2D eigenvalue weighted by atomic mass is 9.99. The van der Waals surface area contributed by atoms with Crippen molar-refractivity contribution < 1.29 is 5.11 Å². The topological polar surface area (TPSA) is 44.0 Å². The second kappa shape index (κ2) is 4.79. The molecule has 2 nitrogen and oxygen atoms in total. The van der Waals surface area contributed by atoms with E-state index in [1.165, 1.54) is 0 Å². The molecule has 0 aliphatic heterocycles. The Morgan fingerprint density at radius 2 is 2.21 bits per heavy atom. The van der Waals surface area contributed by atoms with Crippen molar-refractivity contribution >= 4 is 27.5 Å². The first-order chi connectivity index (χ1) is 6.56. The van der Waals surface area contributed by atoms with Crippen molar-refractivity contribution in [2.45, 2.75) is 13.0 Å². The van der Waals surface area contributed by atoms with Crippen LogP contribution in [0.5, 0.6) is 0 Å². The fraction of sp³-hybridized carbons (Fsp3) is 0.300. The van der Waals surface area contributed by atoms with Gasteiger partial charge in [0.25, 0.3) is 0 Å². The van der Waals surface area contributed by atoms with Gasteiger partial charge in [0, 0.05) is 15.1 Å². The summed E-state index contributed by atoms with van der Waals surface area (Å²) >= 11 is 9.19. The Kier molecular flexibility index (Phi) is 3.94. The minimum atomic E-state index is -0.833. The van der Waals surface area contributed by atoms with E-state index in [1.54, 1.807) is 25.1 Å². The second-order valence-electron chi connectivity index (χ2n) is 3.03. The summed E-state index contributed by atoms with van der Waals surface area (Å²) in [5.41, 5.74) is 0.587. The number of hydrogen-bond donors (Lipinski definition) is 1. The molecule has 0 aliphatic rings. The first-order valence-electron chi connectivity index (χ1n) is 4.09. The van der Waals surface area contributed by atoms with Crippen LogP contribution < -0.4 is 0 Å². The van der Waals surface area contributed by atoms with E-state index in [-0.39, 0.29) is 0 Å². The number of aliphatic hydroxyl groups excluding tert-OH is 1. The van der Waals surface area contributed by atoms with Crippen molar-refractivity contribution in [2.75, 3.05) is 0 Å². The van der Waals surface area contributed by atoms with Gasteiger partial charge in [-0.2, -0.15) is 5.26 Å². The van der Waals surface area contributed by atoms with Crippen LogP contribution in [0, 0.1) is 17.2 Å². The van der Waals surface area contributed by atoms with E-state index in [0.29, 0.717) is 10.6 Å². The molecule has 0 heterocycles. The van der Waals surface area contributed by atoms with Crippen LogP contribution in [0.2, 0.25) is 5.02 Å². The third-order valence-electron chi connectivity index (χ3n) is 1.96. The molecule has 0 spiro atoms. The summed E-state index contributed by atoms with van der Waals surface area (Å²) < 4.78 is 0.850. The van der Waals surface area contributed by atoms with Crippen molar-refractivity contribution in [1.29, 1.82) is 5.26 Å². The number of nitriles is 1.